The molecule has 3 aromatic carbocycles. The van der Waals surface area contributed by atoms with E-state index in [0.717, 1.165) is 28.0 Å². The Morgan fingerprint density at radius 1 is 0.935 bits per heavy atom. The van der Waals surface area contributed by atoms with E-state index in [0.29, 0.717) is 17.9 Å². The Balaban J connectivity index is 1.44. The van der Waals surface area contributed by atoms with Gasteiger partial charge in [0.2, 0.25) is 0 Å². The number of hydrogen-bond donors (Lipinski definition) is 1. The molecule has 0 aliphatic carbocycles. The van der Waals surface area contributed by atoms with E-state index in [2.05, 4.69) is 15.3 Å². The number of carbonyl (C=O) groups excluding carboxylic acids is 1. The number of amides is 1. The summed E-state index contributed by atoms with van der Waals surface area (Å²) in [6, 6.07) is 22.5. The first-order valence-electron chi connectivity index (χ1n) is 10.1. The number of nitrogens with one attached hydrogen (secondary N) is 1. The lowest BCUT2D eigenvalue weighted by molar-refractivity contribution is -0.122. The molecule has 0 saturated carbocycles. The molecule has 0 aliphatic heterocycles. The molecule has 0 spiro atoms. The zero-order valence-electron chi connectivity index (χ0n) is 17.4. The van der Waals surface area contributed by atoms with Crippen LogP contribution in [0.4, 0.5) is 5.69 Å². The summed E-state index contributed by atoms with van der Waals surface area (Å²) in [5.41, 5.74) is 4.12. The Bertz CT molecular complexity index is 1170. The molecule has 1 atom stereocenters. The number of hydrogen-bond acceptors (Lipinski definition) is 5. The molecule has 156 valence electrons. The molecule has 6 nitrogen and oxygen atoms in total. The quantitative estimate of drug-likeness (QED) is 0.456. The fourth-order valence-electron chi connectivity index (χ4n) is 3.18. The number of anilines is 1. The van der Waals surface area contributed by atoms with E-state index in [4.69, 9.17) is 9.47 Å². The number of nitrogens with zero attached hydrogens (tertiary/aromatic N) is 2. The van der Waals surface area contributed by atoms with Gasteiger partial charge in [0.1, 0.15) is 11.5 Å². The van der Waals surface area contributed by atoms with Crippen LogP contribution in [0.3, 0.4) is 0 Å². The Morgan fingerprint density at radius 2 is 1.61 bits per heavy atom. The van der Waals surface area contributed by atoms with Gasteiger partial charge in [-0.3, -0.25) is 9.78 Å². The van der Waals surface area contributed by atoms with Crippen molar-refractivity contribution >= 4 is 22.6 Å². The van der Waals surface area contributed by atoms with E-state index in [1.54, 1.807) is 37.6 Å². The van der Waals surface area contributed by atoms with Crippen LogP contribution in [0.15, 0.2) is 79.0 Å². The minimum atomic E-state index is -0.603. The highest BCUT2D eigenvalue weighted by Gasteiger charge is 2.18. The van der Waals surface area contributed by atoms with Gasteiger partial charge in [-0.15, -0.1) is 0 Å². The molecule has 0 fully saturated rings. The number of ether oxygens (including phenoxy) is 2. The Kier molecular flexibility index (Phi) is 6.08. The number of carbonyl (C=O) groups is 1. The van der Waals surface area contributed by atoms with Gasteiger partial charge in [-0.2, -0.15) is 0 Å². The second-order valence-electron chi connectivity index (χ2n) is 7.00. The van der Waals surface area contributed by atoms with E-state index in [1.807, 2.05) is 55.5 Å². The van der Waals surface area contributed by atoms with E-state index in [1.165, 1.54) is 0 Å². The number of rotatable bonds is 7. The van der Waals surface area contributed by atoms with Crippen molar-refractivity contribution in [3.63, 3.8) is 0 Å². The van der Waals surface area contributed by atoms with Crippen molar-refractivity contribution in [3.8, 4) is 22.8 Å². The predicted octanol–water partition coefficient (Wildman–Crippen LogP) is 5.10. The summed E-state index contributed by atoms with van der Waals surface area (Å²) in [4.78, 5) is 21.8. The topological polar surface area (TPSA) is 73.3 Å². The highest BCUT2D eigenvalue weighted by molar-refractivity contribution is 5.94. The zero-order chi connectivity index (χ0) is 21.6. The molecule has 31 heavy (non-hydrogen) atoms. The molecule has 6 heteroatoms. The van der Waals surface area contributed by atoms with Crippen LogP contribution >= 0.6 is 0 Å². The normalized spacial score (nSPS) is 11.7. The lowest BCUT2D eigenvalue weighted by Gasteiger charge is -2.17. The third kappa shape index (κ3) is 4.80. The standard InChI is InChI=1S/C25H23N3O3/c1-3-24(25(29)27-18-10-14-19(30-2)15-11-18)31-20-12-8-17(9-13-20)23-16-26-21-6-4-5-7-22(21)28-23/h4-16,24H,3H2,1-2H3,(H,27,29)/t24-/m1/s1. The van der Waals surface area contributed by atoms with Crippen molar-refractivity contribution in [2.45, 2.75) is 19.4 Å². The molecule has 4 rings (SSSR count). The molecule has 1 aromatic heterocycles. The summed E-state index contributed by atoms with van der Waals surface area (Å²) in [5.74, 6) is 1.16. The maximum absolute atomic E-state index is 12.6. The van der Waals surface area contributed by atoms with Crippen molar-refractivity contribution in [2.24, 2.45) is 0 Å². The molecule has 1 N–H and O–H groups in total. The second kappa shape index (κ2) is 9.26. The van der Waals surface area contributed by atoms with Gasteiger partial charge >= 0.3 is 0 Å². The first-order chi connectivity index (χ1) is 15.2. The Labute approximate surface area is 180 Å². The van der Waals surface area contributed by atoms with Crippen molar-refractivity contribution < 1.29 is 14.3 Å². The van der Waals surface area contributed by atoms with E-state index >= 15 is 0 Å². The highest BCUT2D eigenvalue weighted by Crippen LogP contribution is 2.23. The number of methoxy groups -OCH3 is 1. The fraction of sp³-hybridized carbons (Fsp3) is 0.160. The molecule has 0 radical (unpaired) electrons. The molecule has 0 saturated heterocycles. The van der Waals surface area contributed by atoms with Gasteiger partial charge in [-0.25, -0.2) is 4.98 Å². The van der Waals surface area contributed by atoms with Crippen LogP contribution < -0.4 is 14.8 Å². The van der Waals surface area contributed by atoms with Crippen LogP contribution in [0.25, 0.3) is 22.3 Å². The summed E-state index contributed by atoms with van der Waals surface area (Å²) < 4.78 is 11.1. The summed E-state index contributed by atoms with van der Waals surface area (Å²) in [7, 11) is 1.60. The van der Waals surface area contributed by atoms with Gasteiger partial charge in [0.15, 0.2) is 6.10 Å². The van der Waals surface area contributed by atoms with Gasteiger partial charge in [0.05, 0.1) is 30.0 Å². The van der Waals surface area contributed by atoms with Crippen LogP contribution in [0.1, 0.15) is 13.3 Å². The maximum atomic E-state index is 12.6. The van der Waals surface area contributed by atoms with Gasteiger partial charge in [0.25, 0.3) is 5.91 Å². The van der Waals surface area contributed by atoms with Crippen LogP contribution in [0.5, 0.6) is 11.5 Å². The largest absolute Gasteiger partial charge is 0.497 e. The Morgan fingerprint density at radius 3 is 2.29 bits per heavy atom. The smallest absolute Gasteiger partial charge is 0.265 e. The first kappa shape index (κ1) is 20.3. The number of benzene rings is 3. The van der Waals surface area contributed by atoms with Gasteiger partial charge in [-0.05, 0) is 67.1 Å². The summed E-state index contributed by atoms with van der Waals surface area (Å²) in [5, 5.41) is 2.88. The van der Waals surface area contributed by atoms with Crippen LogP contribution in [0, 0.1) is 0 Å². The molecule has 0 aliphatic rings. The fourth-order valence-corrected chi connectivity index (χ4v) is 3.18. The molecule has 1 amide bonds. The summed E-state index contributed by atoms with van der Waals surface area (Å²) >= 11 is 0. The molecule has 4 aromatic rings. The monoisotopic (exact) mass is 413 g/mol. The van der Waals surface area contributed by atoms with Crippen LogP contribution in [0.2, 0.25) is 0 Å². The number of aromatic nitrogens is 2. The van der Waals surface area contributed by atoms with E-state index in [-0.39, 0.29) is 5.91 Å². The average molecular weight is 413 g/mol. The minimum Gasteiger partial charge on any atom is -0.497 e. The molecular weight excluding hydrogens is 390 g/mol. The lowest BCUT2D eigenvalue weighted by Crippen LogP contribution is -2.32. The number of fused-ring (bicyclic) bond motifs is 1. The zero-order valence-corrected chi connectivity index (χ0v) is 17.4. The molecule has 0 unspecified atom stereocenters. The maximum Gasteiger partial charge on any atom is 0.265 e. The summed E-state index contributed by atoms with van der Waals surface area (Å²) in [6.45, 7) is 1.91. The average Bonchev–Trinajstić information content (AvgIpc) is 2.83. The van der Waals surface area contributed by atoms with Crippen molar-refractivity contribution in [1.29, 1.82) is 0 Å². The summed E-state index contributed by atoms with van der Waals surface area (Å²) in [6.07, 6.45) is 1.70. The second-order valence-corrected chi connectivity index (χ2v) is 7.00. The van der Waals surface area contributed by atoms with E-state index < -0.39 is 6.10 Å². The van der Waals surface area contributed by atoms with Gasteiger partial charge < -0.3 is 14.8 Å². The predicted molar refractivity (Wildman–Crippen MR) is 121 cm³/mol. The minimum absolute atomic E-state index is 0.197. The lowest BCUT2D eigenvalue weighted by atomic mass is 10.1. The highest BCUT2D eigenvalue weighted by atomic mass is 16.5. The molecule has 1 heterocycles. The Hall–Kier alpha value is -3.93. The van der Waals surface area contributed by atoms with Crippen LogP contribution in [-0.4, -0.2) is 29.1 Å². The van der Waals surface area contributed by atoms with Gasteiger partial charge in [-0.1, -0.05) is 19.1 Å². The molecule has 0 bridgehead atoms. The third-order valence-corrected chi connectivity index (χ3v) is 4.90. The SMILES string of the molecule is CC[C@@H](Oc1ccc(-c2cnc3ccccc3n2)cc1)C(=O)Nc1ccc(OC)cc1. The molecular formula is C25H23N3O3. The van der Waals surface area contributed by atoms with Crippen molar-refractivity contribution in [2.75, 3.05) is 12.4 Å². The third-order valence-electron chi connectivity index (χ3n) is 4.90. The van der Waals surface area contributed by atoms with Crippen molar-refractivity contribution in [1.82, 2.24) is 9.97 Å². The van der Waals surface area contributed by atoms with Gasteiger partial charge in [0, 0.05) is 11.3 Å². The number of para-hydroxylation sites is 2. The van der Waals surface area contributed by atoms with E-state index in [9.17, 15) is 4.79 Å². The van der Waals surface area contributed by atoms with Crippen LogP contribution in [-0.2, 0) is 4.79 Å². The first-order valence-corrected chi connectivity index (χ1v) is 10.1. The van der Waals surface area contributed by atoms with Crippen molar-refractivity contribution in [3.05, 3.63) is 79.0 Å².